The normalized spacial score (nSPS) is 12.6. The van der Waals surface area contributed by atoms with Crippen molar-refractivity contribution in [3.8, 4) is 22.6 Å². The minimum atomic E-state index is -0.443. The van der Waals surface area contributed by atoms with Gasteiger partial charge >= 0.3 is 0 Å². The second-order valence-electron chi connectivity index (χ2n) is 19.3. The quantitative estimate of drug-likeness (QED) is 0.115. The molecule has 0 aromatic heterocycles. The Kier molecular flexibility index (Phi) is 17.0. The van der Waals surface area contributed by atoms with Crippen LogP contribution in [-0.2, 0) is 12.8 Å². The summed E-state index contributed by atoms with van der Waals surface area (Å²) in [6.45, 7) is 28.3. The van der Waals surface area contributed by atoms with Crippen LogP contribution in [0.1, 0.15) is 170 Å². The maximum Gasteiger partial charge on any atom is 0.273 e. The first-order valence-electron chi connectivity index (χ1n) is 22.9. The molecule has 346 valence electrons. The van der Waals surface area contributed by atoms with Crippen LogP contribution < -0.4 is 20.3 Å². The fourth-order valence-corrected chi connectivity index (χ4v) is 9.19. The van der Waals surface area contributed by atoms with Gasteiger partial charge in [-0.25, -0.2) is 10.0 Å². The highest BCUT2D eigenvalue weighted by Gasteiger charge is 2.39. The molecule has 10 nitrogen and oxygen atoms in total. The monoisotopic (exact) mass is 875 g/mol. The van der Waals surface area contributed by atoms with E-state index in [0.717, 1.165) is 46.2 Å². The van der Waals surface area contributed by atoms with E-state index in [1.807, 2.05) is 77.9 Å². The van der Waals surface area contributed by atoms with Crippen molar-refractivity contribution in [1.29, 1.82) is 0 Å². The van der Waals surface area contributed by atoms with Crippen LogP contribution in [-0.4, -0.2) is 59.9 Å². The minimum absolute atomic E-state index is 0.353. The highest BCUT2D eigenvalue weighted by Crippen LogP contribution is 2.39. The van der Waals surface area contributed by atoms with Gasteiger partial charge in [0.2, 0.25) is 0 Å². The SMILES string of the molecule is CCCC(N(NC(=O)c1cccc(OC)c1CC)C(=O)c1cc(C)cc(C)c1-c1c(C)cc(C)cc1C(=O)N(NC(=O)c1cccc(OC)c1CC)[C@H](CCC)C(C)(C)C)C(C)(C)C. The Hall–Kier alpha value is -5.64. The Morgan fingerprint density at radius 1 is 0.547 bits per heavy atom. The van der Waals surface area contributed by atoms with Gasteiger partial charge in [0.15, 0.2) is 0 Å². The highest BCUT2D eigenvalue weighted by atomic mass is 16.5. The first kappa shape index (κ1) is 51.0. The number of hydrogen-bond donors (Lipinski definition) is 2. The van der Waals surface area contributed by atoms with Crippen LogP contribution >= 0.6 is 0 Å². The molecule has 0 aliphatic rings. The lowest BCUT2D eigenvalue weighted by atomic mass is 9.81. The van der Waals surface area contributed by atoms with Crippen molar-refractivity contribution in [3.63, 3.8) is 0 Å². The van der Waals surface area contributed by atoms with Crippen molar-refractivity contribution in [2.24, 2.45) is 10.8 Å². The van der Waals surface area contributed by atoms with E-state index in [1.165, 1.54) is 10.0 Å². The Morgan fingerprint density at radius 2 is 0.891 bits per heavy atom. The van der Waals surface area contributed by atoms with Crippen molar-refractivity contribution in [2.75, 3.05) is 14.2 Å². The predicted octanol–water partition coefficient (Wildman–Crippen LogP) is 11.7. The molecule has 2 N–H and O–H groups in total. The molecule has 0 aliphatic heterocycles. The molecule has 0 saturated heterocycles. The van der Waals surface area contributed by atoms with Gasteiger partial charge in [0.1, 0.15) is 11.5 Å². The molecule has 0 saturated carbocycles. The number of amides is 4. The first-order chi connectivity index (χ1) is 30.1. The number of benzene rings is 4. The van der Waals surface area contributed by atoms with Gasteiger partial charge in [-0.05, 0) is 123 Å². The number of hydrazine groups is 2. The zero-order valence-electron chi connectivity index (χ0n) is 41.5. The summed E-state index contributed by atoms with van der Waals surface area (Å²) in [6.07, 6.45) is 3.87. The van der Waals surface area contributed by atoms with Crippen LogP contribution in [0.3, 0.4) is 0 Å². The van der Waals surface area contributed by atoms with E-state index in [9.17, 15) is 9.59 Å². The van der Waals surface area contributed by atoms with Crippen molar-refractivity contribution >= 4 is 23.6 Å². The molecule has 64 heavy (non-hydrogen) atoms. The topological polar surface area (TPSA) is 117 Å². The predicted molar refractivity (Wildman–Crippen MR) is 259 cm³/mol. The summed E-state index contributed by atoms with van der Waals surface area (Å²) in [5.74, 6) is -0.413. The van der Waals surface area contributed by atoms with Gasteiger partial charge in [0.25, 0.3) is 23.6 Å². The number of nitrogens with one attached hydrogen (secondary N) is 2. The number of hydrogen-bond acceptors (Lipinski definition) is 6. The van der Waals surface area contributed by atoms with Gasteiger partial charge in [-0.3, -0.25) is 30.0 Å². The van der Waals surface area contributed by atoms with Crippen molar-refractivity contribution in [2.45, 2.75) is 148 Å². The first-order valence-corrected chi connectivity index (χ1v) is 22.9. The summed E-state index contributed by atoms with van der Waals surface area (Å²) in [4.78, 5) is 60.4. The molecule has 1 unspecified atom stereocenters. The van der Waals surface area contributed by atoms with E-state index < -0.39 is 46.5 Å². The van der Waals surface area contributed by atoms with Crippen molar-refractivity contribution < 1.29 is 28.7 Å². The fraction of sp³-hybridized carbons (Fsp3) is 0.481. The second-order valence-corrected chi connectivity index (χ2v) is 19.3. The third-order valence-corrected chi connectivity index (χ3v) is 12.2. The summed E-state index contributed by atoms with van der Waals surface area (Å²) >= 11 is 0. The van der Waals surface area contributed by atoms with Gasteiger partial charge in [0, 0.05) is 33.4 Å². The van der Waals surface area contributed by atoms with E-state index in [2.05, 4.69) is 66.2 Å². The van der Waals surface area contributed by atoms with Gasteiger partial charge in [-0.2, -0.15) is 0 Å². The Balaban J connectivity index is 2.03. The molecule has 4 aromatic rings. The standard InChI is InChI=1S/C54H74N4O6/c1-17-23-45(53(9,10)11)57(55-49(59)39-25-21-27-43(63-15)37(39)19-3)51(61)41-31-33(5)29-35(7)47(41)48-36(8)30-34(6)32-42(48)52(62)58(46(24-18-2)54(12,13)14)56-50(60)40-26-22-28-44(64-16)38(40)20-4/h21-22,25-32,45-46H,17-20,23-24H2,1-16H3,(H,55,59)(H,56,60)/t45-,46?/m1/s1. The summed E-state index contributed by atoms with van der Waals surface area (Å²) in [7, 11) is 3.17. The number of methoxy groups -OCH3 is 2. The number of rotatable bonds is 15. The molecule has 10 heteroatoms. The molecule has 0 radical (unpaired) electrons. The zero-order chi connectivity index (χ0) is 47.8. The molecule has 0 fully saturated rings. The number of nitrogens with zero attached hydrogens (tertiary/aromatic N) is 2. The molecular formula is C54H74N4O6. The number of aryl methyl sites for hydroxylation is 4. The lowest BCUT2D eigenvalue weighted by Gasteiger charge is -2.41. The van der Waals surface area contributed by atoms with Crippen LogP contribution in [0.15, 0.2) is 60.7 Å². The number of ether oxygens (including phenoxy) is 2. The van der Waals surface area contributed by atoms with E-state index >= 15 is 9.59 Å². The lowest BCUT2D eigenvalue weighted by Crippen LogP contribution is -2.56. The lowest BCUT2D eigenvalue weighted by molar-refractivity contribution is 0.0269. The average molecular weight is 875 g/mol. The summed E-state index contributed by atoms with van der Waals surface area (Å²) in [5.41, 5.74) is 12.8. The highest BCUT2D eigenvalue weighted by molar-refractivity contribution is 6.09. The molecule has 0 heterocycles. The van der Waals surface area contributed by atoms with Crippen LogP contribution in [0.2, 0.25) is 0 Å². The van der Waals surface area contributed by atoms with Crippen LogP contribution in [0, 0.1) is 38.5 Å². The molecule has 4 aromatic carbocycles. The third kappa shape index (κ3) is 11.2. The number of carbonyl (C=O) groups is 4. The zero-order valence-corrected chi connectivity index (χ0v) is 41.5. The van der Waals surface area contributed by atoms with E-state index in [4.69, 9.17) is 9.47 Å². The number of carbonyl (C=O) groups excluding carboxylic acids is 4. The van der Waals surface area contributed by atoms with Gasteiger partial charge < -0.3 is 9.47 Å². The molecule has 2 atom stereocenters. The van der Waals surface area contributed by atoms with Gasteiger partial charge in [0.05, 0.1) is 26.3 Å². The molecule has 0 bridgehead atoms. The Morgan fingerprint density at radius 3 is 1.17 bits per heavy atom. The van der Waals surface area contributed by atoms with Gasteiger partial charge in [-0.1, -0.05) is 117 Å². The summed E-state index contributed by atoms with van der Waals surface area (Å²) < 4.78 is 11.3. The fourth-order valence-electron chi connectivity index (χ4n) is 9.19. The van der Waals surface area contributed by atoms with Gasteiger partial charge in [-0.15, -0.1) is 0 Å². The van der Waals surface area contributed by atoms with Crippen molar-refractivity contribution in [1.82, 2.24) is 20.9 Å². The summed E-state index contributed by atoms with van der Waals surface area (Å²) in [6, 6.07) is 17.7. The minimum Gasteiger partial charge on any atom is -0.496 e. The average Bonchev–Trinajstić information content (AvgIpc) is 3.23. The van der Waals surface area contributed by atoms with E-state index in [-0.39, 0.29) is 0 Å². The molecule has 4 amide bonds. The molecular weight excluding hydrogens is 801 g/mol. The Bertz CT molecular complexity index is 2170. The third-order valence-electron chi connectivity index (χ3n) is 12.2. The Labute approximate surface area is 383 Å². The smallest absolute Gasteiger partial charge is 0.273 e. The molecule has 0 aliphatic carbocycles. The van der Waals surface area contributed by atoms with E-state index in [1.54, 1.807) is 38.5 Å². The van der Waals surface area contributed by atoms with Crippen molar-refractivity contribution in [3.05, 3.63) is 116 Å². The van der Waals surface area contributed by atoms with Crippen LogP contribution in [0.5, 0.6) is 11.5 Å². The largest absolute Gasteiger partial charge is 0.496 e. The van der Waals surface area contributed by atoms with E-state index in [0.29, 0.717) is 70.6 Å². The molecule has 4 rings (SSSR count). The molecule has 0 spiro atoms. The summed E-state index contributed by atoms with van der Waals surface area (Å²) in [5, 5.41) is 3.05. The van der Waals surface area contributed by atoms with Crippen LogP contribution in [0.4, 0.5) is 0 Å². The van der Waals surface area contributed by atoms with Crippen LogP contribution in [0.25, 0.3) is 11.1 Å². The second kappa shape index (κ2) is 21.4. The maximum absolute atomic E-state index is 15.7. The maximum atomic E-state index is 15.7.